The van der Waals surface area contributed by atoms with Crippen LogP contribution in [0.4, 0.5) is 0 Å². The van der Waals surface area contributed by atoms with Gasteiger partial charge in [-0.3, -0.25) is 12.2 Å². The predicted octanol–water partition coefficient (Wildman–Crippen LogP) is 6.10. The molecule has 21 heavy (non-hydrogen) atoms. The molecule has 0 bridgehead atoms. The molecule has 0 nitrogen and oxygen atoms in total. The van der Waals surface area contributed by atoms with Crippen LogP contribution in [-0.2, 0) is 20.8 Å². The molecule has 0 atom stereocenters. The number of hydrogen-bond acceptors (Lipinski definition) is 0. The van der Waals surface area contributed by atoms with Crippen LogP contribution >= 0.6 is 17.0 Å². The van der Waals surface area contributed by atoms with Crippen LogP contribution in [0.15, 0.2) is 33.7 Å². The molecule has 5 heteroatoms. The SMILES string of the molecule is CC1=CC[C-]=C1[Si](C)(C)[Si](C)(C)C1=[C-]CC=C1C.[Cl][Zr+2][Cl]. The van der Waals surface area contributed by atoms with Gasteiger partial charge in [-0.1, -0.05) is 26.2 Å². The Morgan fingerprint density at radius 2 is 1.14 bits per heavy atom. The van der Waals surface area contributed by atoms with Gasteiger partial charge in [-0.05, 0) is 0 Å². The van der Waals surface area contributed by atoms with Crippen molar-refractivity contribution in [3.05, 3.63) is 45.8 Å². The Balaban J connectivity index is 0.000000677. The topological polar surface area (TPSA) is 0 Å². The van der Waals surface area contributed by atoms with Crippen LogP contribution in [0.5, 0.6) is 0 Å². The van der Waals surface area contributed by atoms with Gasteiger partial charge in [-0.15, -0.1) is 26.7 Å². The van der Waals surface area contributed by atoms with E-state index in [1.165, 1.54) is 11.1 Å². The molecule has 2 rings (SSSR count). The fourth-order valence-electron chi connectivity index (χ4n) is 3.15. The Hall–Kier alpha value is 0.857. The molecule has 0 saturated carbocycles. The molecule has 0 aromatic rings. The summed E-state index contributed by atoms with van der Waals surface area (Å²) in [6.45, 7) is 14.7. The Morgan fingerprint density at radius 3 is 1.33 bits per heavy atom. The van der Waals surface area contributed by atoms with Crippen molar-refractivity contribution in [2.24, 2.45) is 0 Å². The van der Waals surface area contributed by atoms with E-state index in [2.05, 4.69) is 64.3 Å². The number of halogens is 2. The molecule has 0 spiro atoms. The van der Waals surface area contributed by atoms with Gasteiger partial charge in [0, 0.05) is 15.2 Å². The predicted molar refractivity (Wildman–Crippen MR) is 96.9 cm³/mol. The third-order valence-corrected chi connectivity index (χ3v) is 22.6. The molecule has 114 valence electrons. The second-order valence-corrected chi connectivity index (χ2v) is 25.3. The van der Waals surface area contributed by atoms with Gasteiger partial charge < -0.3 is 0 Å². The van der Waals surface area contributed by atoms with Gasteiger partial charge in [-0.2, -0.15) is 12.2 Å². The Labute approximate surface area is 150 Å². The monoisotopic (exact) mass is 432 g/mol. The first-order valence-electron chi connectivity index (χ1n) is 7.23. The molecule has 0 unspecified atom stereocenters. The summed E-state index contributed by atoms with van der Waals surface area (Å²) in [7, 11) is 7.00. The first-order chi connectivity index (χ1) is 9.70. The Morgan fingerprint density at radius 1 is 0.857 bits per heavy atom. The van der Waals surface area contributed by atoms with Crippen LogP contribution in [0.25, 0.3) is 0 Å². The molecule has 0 aromatic heterocycles. The van der Waals surface area contributed by atoms with Crippen LogP contribution in [0, 0.1) is 12.2 Å². The van der Waals surface area contributed by atoms with Crippen molar-refractivity contribution in [1.29, 1.82) is 0 Å². The van der Waals surface area contributed by atoms with Gasteiger partial charge in [0.15, 0.2) is 0 Å². The molecular weight excluding hydrogens is 410 g/mol. The van der Waals surface area contributed by atoms with Gasteiger partial charge in [-0.25, -0.2) is 21.5 Å². The zero-order valence-electron chi connectivity index (χ0n) is 13.8. The van der Waals surface area contributed by atoms with Gasteiger partial charge in [0.2, 0.25) is 0 Å². The van der Waals surface area contributed by atoms with Crippen LogP contribution in [0.1, 0.15) is 26.7 Å². The molecule has 0 fully saturated rings. The van der Waals surface area contributed by atoms with E-state index in [1.54, 1.807) is 10.4 Å². The van der Waals surface area contributed by atoms with E-state index in [9.17, 15) is 0 Å². The molecule has 2 aliphatic rings. The first-order valence-corrected chi connectivity index (χ1v) is 20.6. The first kappa shape index (κ1) is 19.9. The zero-order chi connectivity index (χ0) is 16.3. The van der Waals surface area contributed by atoms with E-state index in [-0.39, 0.29) is 0 Å². The van der Waals surface area contributed by atoms with Crippen LogP contribution in [-0.4, -0.2) is 15.2 Å². The van der Waals surface area contributed by atoms with Crippen molar-refractivity contribution >= 4 is 32.2 Å². The van der Waals surface area contributed by atoms with Crippen molar-refractivity contribution in [3.63, 3.8) is 0 Å². The van der Waals surface area contributed by atoms with E-state index in [4.69, 9.17) is 17.0 Å². The second-order valence-electron chi connectivity index (χ2n) is 6.61. The van der Waals surface area contributed by atoms with Crippen molar-refractivity contribution in [3.8, 4) is 0 Å². The van der Waals surface area contributed by atoms with Gasteiger partial charge >= 0.3 is 37.9 Å². The standard InChI is InChI=1S/C16H24Si2.2ClH.Zr/c1-13-9-7-11-15(13)17(3,4)18(5,6)16-12-8-10-14(16)2;;;/h9-10H,7-8H2,1-6H3;2*1H;/q-2;;;+4/p-2. The minimum absolute atomic E-state index is 0.826. The average Bonchev–Trinajstić information content (AvgIpc) is 2.98. The van der Waals surface area contributed by atoms with Gasteiger partial charge in [0.25, 0.3) is 0 Å². The third kappa shape index (κ3) is 4.23. The molecule has 0 amide bonds. The Bertz CT molecular complexity index is 468. The normalized spacial score (nSPS) is 18.1. The Kier molecular flexibility index (Phi) is 7.68. The molecule has 0 radical (unpaired) electrons. The summed E-state index contributed by atoms with van der Waals surface area (Å²) in [5, 5.41) is 3.18. The van der Waals surface area contributed by atoms with Crippen molar-refractivity contribution in [1.82, 2.24) is 0 Å². The quantitative estimate of drug-likeness (QED) is 0.372. The fraction of sp³-hybridized carbons (Fsp3) is 0.500. The molecule has 0 aromatic carbocycles. The van der Waals surface area contributed by atoms with Crippen molar-refractivity contribution < 1.29 is 20.8 Å². The molecule has 0 aliphatic heterocycles. The van der Waals surface area contributed by atoms with Gasteiger partial charge in [0.1, 0.15) is 0 Å². The van der Waals surface area contributed by atoms with Crippen LogP contribution in [0.3, 0.4) is 0 Å². The van der Waals surface area contributed by atoms with E-state index < -0.39 is 36.0 Å². The maximum atomic E-state index is 4.93. The van der Waals surface area contributed by atoms with E-state index in [0.29, 0.717) is 0 Å². The summed E-state index contributed by atoms with van der Waals surface area (Å²) in [6.07, 6.45) is 14.0. The molecule has 2 aliphatic carbocycles. The molecule has 0 saturated heterocycles. The van der Waals surface area contributed by atoms with Crippen molar-refractivity contribution in [2.75, 3.05) is 0 Å². The summed E-state index contributed by atoms with van der Waals surface area (Å²) in [5.74, 6) is 0. The number of allylic oxidation sites excluding steroid dienone is 8. The van der Waals surface area contributed by atoms with Crippen LogP contribution in [0.2, 0.25) is 26.2 Å². The fourth-order valence-corrected chi connectivity index (χ4v) is 13.1. The van der Waals surface area contributed by atoms with E-state index >= 15 is 0 Å². The zero-order valence-corrected chi connectivity index (χ0v) is 19.8. The molecular formula is C16H24Cl2Si2Zr. The third-order valence-electron chi connectivity index (χ3n) is 4.98. The summed E-state index contributed by atoms with van der Waals surface area (Å²) in [5.41, 5.74) is 2.99. The van der Waals surface area contributed by atoms with Crippen LogP contribution < -0.4 is 0 Å². The second kappa shape index (κ2) is 8.10. The van der Waals surface area contributed by atoms with E-state index in [0.717, 1.165) is 12.8 Å². The molecule has 0 N–H and O–H groups in total. The number of hydrogen-bond donors (Lipinski definition) is 0. The minimum atomic E-state index is -1.43. The number of rotatable bonds is 3. The van der Waals surface area contributed by atoms with Gasteiger partial charge in [0.05, 0.1) is 0 Å². The maximum absolute atomic E-state index is 4.93. The molecule has 0 heterocycles. The summed E-state index contributed by atoms with van der Waals surface area (Å²) in [4.78, 5) is 0. The summed E-state index contributed by atoms with van der Waals surface area (Å²) < 4.78 is 0. The summed E-state index contributed by atoms with van der Waals surface area (Å²) in [6, 6.07) is 0. The average molecular weight is 435 g/mol. The van der Waals surface area contributed by atoms with Crippen molar-refractivity contribution in [2.45, 2.75) is 52.9 Å². The van der Waals surface area contributed by atoms with E-state index in [1.807, 2.05) is 0 Å². The summed E-state index contributed by atoms with van der Waals surface area (Å²) >= 11 is -0.826.